The second-order valence-corrected chi connectivity index (χ2v) is 7.03. The number of benzene rings is 1. The molecule has 1 fully saturated rings. The minimum atomic E-state index is -0.0614. The smallest absolute Gasteiger partial charge is 0.226 e. The molecular weight excluding hydrogens is 352 g/mol. The van der Waals surface area contributed by atoms with Gasteiger partial charge in [-0.15, -0.1) is 0 Å². The summed E-state index contributed by atoms with van der Waals surface area (Å²) in [5.74, 6) is 1.47. The lowest BCUT2D eigenvalue weighted by Gasteiger charge is -2.22. The number of likely N-dealkylation sites (N-methyl/N-ethyl adjacent to an activating group) is 1. The molecule has 0 heterocycles. The van der Waals surface area contributed by atoms with E-state index in [9.17, 15) is 4.79 Å². The molecule has 0 spiro atoms. The van der Waals surface area contributed by atoms with E-state index in [1.165, 1.54) is 12.8 Å². The fraction of sp³-hybridized carbons (Fsp3) is 0.579. The number of amides is 1. The molecular formula is C19H29ClN4O2. The van der Waals surface area contributed by atoms with Crippen molar-refractivity contribution in [3.63, 3.8) is 0 Å². The molecule has 6 nitrogen and oxygen atoms in total. The van der Waals surface area contributed by atoms with Crippen molar-refractivity contribution >= 4 is 29.2 Å². The molecule has 26 heavy (non-hydrogen) atoms. The highest BCUT2D eigenvalue weighted by atomic mass is 35.5. The van der Waals surface area contributed by atoms with Gasteiger partial charge in [0.2, 0.25) is 5.91 Å². The minimum absolute atomic E-state index is 0.0614. The number of halogens is 1. The Kier molecular flexibility index (Phi) is 8.19. The van der Waals surface area contributed by atoms with Gasteiger partial charge in [-0.25, -0.2) is 0 Å². The molecule has 1 aliphatic carbocycles. The van der Waals surface area contributed by atoms with Gasteiger partial charge in [-0.05, 0) is 43.4 Å². The van der Waals surface area contributed by atoms with E-state index >= 15 is 0 Å². The number of nitrogens with one attached hydrogen (secondary N) is 2. The van der Waals surface area contributed by atoms with Crippen LogP contribution in [-0.2, 0) is 9.53 Å². The monoisotopic (exact) mass is 380 g/mol. The second kappa shape index (κ2) is 10.4. The van der Waals surface area contributed by atoms with E-state index in [1.54, 1.807) is 7.05 Å². The van der Waals surface area contributed by atoms with Crippen molar-refractivity contribution in [1.82, 2.24) is 10.2 Å². The summed E-state index contributed by atoms with van der Waals surface area (Å²) in [6.45, 7) is 4.70. The molecule has 2 N–H and O–H groups in total. The van der Waals surface area contributed by atoms with Crippen LogP contribution in [-0.4, -0.2) is 57.2 Å². The predicted molar refractivity (Wildman–Crippen MR) is 107 cm³/mol. The highest BCUT2D eigenvalue weighted by molar-refractivity contribution is 6.31. The fourth-order valence-electron chi connectivity index (χ4n) is 2.47. The van der Waals surface area contributed by atoms with Gasteiger partial charge in [0.25, 0.3) is 0 Å². The van der Waals surface area contributed by atoms with Crippen molar-refractivity contribution in [2.24, 2.45) is 10.9 Å². The van der Waals surface area contributed by atoms with Crippen molar-refractivity contribution in [2.45, 2.75) is 26.2 Å². The molecule has 1 aromatic rings. The number of hydrogen-bond acceptors (Lipinski definition) is 3. The molecule has 0 bridgehead atoms. The normalized spacial score (nSPS) is 14.2. The lowest BCUT2D eigenvalue weighted by atomic mass is 10.2. The van der Waals surface area contributed by atoms with Gasteiger partial charge in [-0.3, -0.25) is 9.79 Å². The number of anilines is 1. The van der Waals surface area contributed by atoms with Crippen LogP contribution >= 0.6 is 11.6 Å². The van der Waals surface area contributed by atoms with E-state index in [2.05, 4.69) is 15.6 Å². The molecule has 0 radical (unpaired) electrons. The Hall–Kier alpha value is -1.79. The maximum absolute atomic E-state index is 12.1. The molecule has 1 aliphatic rings. The van der Waals surface area contributed by atoms with Crippen LogP contribution in [0.15, 0.2) is 23.2 Å². The summed E-state index contributed by atoms with van der Waals surface area (Å²) < 4.78 is 5.65. The Labute approximate surface area is 161 Å². The van der Waals surface area contributed by atoms with Gasteiger partial charge in [0.1, 0.15) is 0 Å². The van der Waals surface area contributed by atoms with E-state index in [4.69, 9.17) is 16.3 Å². The zero-order chi connectivity index (χ0) is 18.9. The lowest BCUT2D eigenvalue weighted by molar-refractivity contribution is -0.116. The number of carbonyl (C=O) groups is 1. The van der Waals surface area contributed by atoms with Crippen LogP contribution in [0.2, 0.25) is 5.02 Å². The predicted octanol–water partition coefficient (Wildman–Crippen LogP) is 2.91. The zero-order valence-electron chi connectivity index (χ0n) is 15.8. The van der Waals surface area contributed by atoms with E-state index < -0.39 is 0 Å². The third-order valence-electron chi connectivity index (χ3n) is 4.37. The van der Waals surface area contributed by atoms with E-state index in [0.29, 0.717) is 24.6 Å². The highest BCUT2D eigenvalue weighted by Gasteiger charge is 2.21. The van der Waals surface area contributed by atoms with Crippen molar-refractivity contribution in [3.8, 4) is 0 Å². The van der Waals surface area contributed by atoms with Gasteiger partial charge < -0.3 is 20.3 Å². The molecule has 1 saturated carbocycles. The number of rotatable bonds is 9. The third kappa shape index (κ3) is 6.84. The van der Waals surface area contributed by atoms with Crippen LogP contribution in [0.4, 0.5) is 5.69 Å². The molecule has 0 aliphatic heterocycles. The van der Waals surface area contributed by atoms with Crippen molar-refractivity contribution in [3.05, 3.63) is 28.8 Å². The number of hydrogen-bond donors (Lipinski definition) is 2. The van der Waals surface area contributed by atoms with Gasteiger partial charge in [-0.2, -0.15) is 0 Å². The summed E-state index contributed by atoms with van der Waals surface area (Å²) in [6.07, 6.45) is 2.95. The Bertz CT molecular complexity index is 632. The van der Waals surface area contributed by atoms with Gasteiger partial charge in [0.15, 0.2) is 5.96 Å². The number of carbonyl (C=O) groups excluding carboxylic acids is 1. The van der Waals surface area contributed by atoms with Crippen molar-refractivity contribution in [1.29, 1.82) is 0 Å². The van der Waals surface area contributed by atoms with Gasteiger partial charge in [-0.1, -0.05) is 17.7 Å². The number of guanidine groups is 1. The summed E-state index contributed by atoms with van der Waals surface area (Å²) in [7, 11) is 3.70. The highest BCUT2D eigenvalue weighted by Crippen LogP contribution is 2.28. The average Bonchev–Trinajstić information content (AvgIpc) is 3.44. The van der Waals surface area contributed by atoms with Crippen LogP contribution in [0.3, 0.4) is 0 Å². The van der Waals surface area contributed by atoms with Gasteiger partial charge in [0, 0.05) is 50.9 Å². The van der Waals surface area contributed by atoms with Crippen molar-refractivity contribution in [2.75, 3.05) is 45.7 Å². The maximum Gasteiger partial charge on any atom is 0.226 e. The topological polar surface area (TPSA) is 66.0 Å². The molecule has 0 unspecified atom stereocenters. The van der Waals surface area contributed by atoms with Crippen LogP contribution in [0.1, 0.15) is 24.8 Å². The van der Waals surface area contributed by atoms with E-state index in [0.717, 1.165) is 36.3 Å². The molecule has 0 aromatic heterocycles. The summed E-state index contributed by atoms with van der Waals surface area (Å²) >= 11 is 6.07. The molecule has 1 amide bonds. The lowest BCUT2D eigenvalue weighted by Crippen LogP contribution is -2.41. The number of nitrogens with zero attached hydrogens (tertiary/aromatic N) is 2. The van der Waals surface area contributed by atoms with Crippen LogP contribution < -0.4 is 10.6 Å². The number of ether oxygens (including phenoxy) is 1. The second-order valence-electron chi connectivity index (χ2n) is 6.62. The Morgan fingerprint density at radius 1 is 1.42 bits per heavy atom. The van der Waals surface area contributed by atoms with Crippen molar-refractivity contribution < 1.29 is 9.53 Å². The van der Waals surface area contributed by atoms with Crippen LogP contribution in [0.25, 0.3) is 0 Å². The molecule has 0 atom stereocenters. The first-order chi connectivity index (χ1) is 12.5. The third-order valence-corrected chi connectivity index (χ3v) is 4.78. The zero-order valence-corrected chi connectivity index (χ0v) is 16.6. The van der Waals surface area contributed by atoms with Gasteiger partial charge in [0.05, 0.1) is 6.61 Å². The van der Waals surface area contributed by atoms with Gasteiger partial charge >= 0.3 is 0 Å². The summed E-state index contributed by atoms with van der Waals surface area (Å²) in [6, 6.07) is 5.48. The summed E-state index contributed by atoms with van der Waals surface area (Å²) in [5.41, 5.74) is 1.62. The Balaban J connectivity index is 1.67. The molecule has 7 heteroatoms. The largest absolute Gasteiger partial charge is 0.379 e. The average molecular weight is 381 g/mol. The summed E-state index contributed by atoms with van der Waals surface area (Å²) in [4.78, 5) is 18.4. The number of aliphatic imine (C=N–C) groups is 1. The first-order valence-corrected chi connectivity index (χ1v) is 9.43. The first kappa shape index (κ1) is 20.5. The fourth-order valence-corrected chi connectivity index (χ4v) is 2.64. The minimum Gasteiger partial charge on any atom is -0.379 e. The van der Waals surface area contributed by atoms with Crippen LogP contribution in [0, 0.1) is 12.8 Å². The van der Waals surface area contributed by atoms with Crippen LogP contribution in [0.5, 0.6) is 0 Å². The molecule has 144 valence electrons. The first-order valence-electron chi connectivity index (χ1n) is 9.05. The Morgan fingerprint density at radius 3 is 2.88 bits per heavy atom. The summed E-state index contributed by atoms with van der Waals surface area (Å²) in [5, 5.41) is 6.75. The quantitative estimate of drug-likeness (QED) is 0.392. The molecule has 1 aromatic carbocycles. The Morgan fingerprint density at radius 2 is 2.19 bits per heavy atom. The molecule has 0 saturated heterocycles. The maximum atomic E-state index is 12.1. The standard InChI is InChI=1S/C19H29ClN4O2/c1-14-16(20)5-4-6-17(14)23-18(25)9-10-22-19(21-2)24(3)11-12-26-13-15-7-8-15/h4-6,15H,7-13H2,1-3H3,(H,21,22)(H,23,25). The van der Waals surface area contributed by atoms with E-state index in [1.807, 2.05) is 37.1 Å². The SMILES string of the molecule is CN=C(NCCC(=O)Nc1cccc(Cl)c1C)N(C)CCOCC1CC1. The van der Waals surface area contributed by atoms with E-state index in [-0.39, 0.29) is 5.91 Å². The molecule has 2 rings (SSSR count).